The normalized spacial score (nSPS) is 17.4. The molecule has 2 aliphatic heterocycles. The third-order valence-electron chi connectivity index (χ3n) is 6.00. The predicted octanol–water partition coefficient (Wildman–Crippen LogP) is 3.01. The van der Waals surface area contributed by atoms with Crippen molar-refractivity contribution >= 4 is 17.4 Å². The van der Waals surface area contributed by atoms with Gasteiger partial charge in [0.2, 0.25) is 0 Å². The summed E-state index contributed by atoms with van der Waals surface area (Å²) in [6, 6.07) is 14.9. The number of nitrogens with zero attached hydrogens (tertiary/aromatic N) is 3. The third kappa shape index (κ3) is 4.73. The minimum absolute atomic E-state index is 0.0574. The molecule has 7 nitrogen and oxygen atoms in total. The molecular formula is C26H31N3O4. The SMILES string of the molecule is COc1ccccc1CN1C(=O)C(c2ccc(OC(C)C)cc2)=C(N2CCN(C)CC2)C1=O. The van der Waals surface area contributed by atoms with E-state index in [9.17, 15) is 9.59 Å². The Morgan fingerprint density at radius 1 is 0.909 bits per heavy atom. The number of hydrogen-bond donors (Lipinski definition) is 0. The van der Waals surface area contributed by atoms with Crippen LogP contribution in [0.1, 0.15) is 25.0 Å². The number of ether oxygens (including phenoxy) is 2. The second-order valence-corrected chi connectivity index (χ2v) is 8.71. The molecule has 1 saturated heterocycles. The Morgan fingerprint density at radius 3 is 2.21 bits per heavy atom. The van der Waals surface area contributed by atoms with Gasteiger partial charge in [0, 0.05) is 31.7 Å². The summed E-state index contributed by atoms with van der Waals surface area (Å²) >= 11 is 0. The number of benzene rings is 2. The molecule has 2 heterocycles. The van der Waals surface area contributed by atoms with Crippen molar-refractivity contribution in [1.82, 2.24) is 14.7 Å². The van der Waals surface area contributed by atoms with Crippen LogP contribution < -0.4 is 9.47 Å². The molecule has 0 aromatic heterocycles. The molecule has 0 spiro atoms. The summed E-state index contributed by atoms with van der Waals surface area (Å²) in [5.41, 5.74) is 2.46. The van der Waals surface area contributed by atoms with Gasteiger partial charge in [0.25, 0.3) is 11.8 Å². The van der Waals surface area contributed by atoms with Gasteiger partial charge in [-0.05, 0) is 44.7 Å². The molecule has 0 N–H and O–H groups in total. The van der Waals surface area contributed by atoms with Crippen LogP contribution in [-0.4, -0.2) is 73.0 Å². The summed E-state index contributed by atoms with van der Waals surface area (Å²) in [5.74, 6) is 0.853. The van der Waals surface area contributed by atoms with Crippen LogP contribution in [0.4, 0.5) is 0 Å². The zero-order valence-electron chi connectivity index (χ0n) is 19.7. The molecule has 174 valence electrons. The lowest BCUT2D eigenvalue weighted by molar-refractivity contribution is -0.138. The van der Waals surface area contributed by atoms with Gasteiger partial charge in [0.15, 0.2) is 0 Å². The smallest absolute Gasteiger partial charge is 0.278 e. The number of methoxy groups -OCH3 is 1. The number of carbonyl (C=O) groups is 2. The highest BCUT2D eigenvalue weighted by Gasteiger charge is 2.42. The van der Waals surface area contributed by atoms with Crippen molar-refractivity contribution in [2.24, 2.45) is 0 Å². The highest BCUT2D eigenvalue weighted by molar-refractivity contribution is 6.35. The fourth-order valence-corrected chi connectivity index (χ4v) is 4.27. The zero-order valence-corrected chi connectivity index (χ0v) is 19.7. The predicted molar refractivity (Wildman–Crippen MR) is 127 cm³/mol. The maximum atomic E-state index is 13.6. The van der Waals surface area contributed by atoms with Crippen LogP contribution in [0.3, 0.4) is 0 Å². The van der Waals surface area contributed by atoms with Crippen molar-refractivity contribution in [3.8, 4) is 11.5 Å². The van der Waals surface area contributed by atoms with Gasteiger partial charge < -0.3 is 19.3 Å². The first kappa shape index (κ1) is 22.9. The summed E-state index contributed by atoms with van der Waals surface area (Å²) in [6.07, 6.45) is 0.0574. The van der Waals surface area contributed by atoms with E-state index < -0.39 is 0 Å². The summed E-state index contributed by atoms with van der Waals surface area (Å²) in [4.78, 5) is 32.9. The van der Waals surface area contributed by atoms with E-state index in [2.05, 4.69) is 16.8 Å². The molecule has 2 aliphatic rings. The van der Waals surface area contributed by atoms with E-state index in [-0.39, 0.29) is 24.5 Å². The van der Waals surface area contributed by atoms with Gasteiger partial charge in [-0.1, -0.05) is 30.3 Å². The fraction of sp³-hybridized carbons (Fsp3) is 0.385. The van der Waals surface area contributed by atoms with Crippen LogP contribution in [0.15, 0.2) is 54.2 Å². The number of rotatable bonds is 7. The van der Waals surface area contributed by atoms with E-state index in [0.29, 0.717) is 30.1 Å². The van der Waals surface area contributed by atoms with Crippen molar-refractivity contribution in [1.29, 1.82) is 0 Å². The first-order valence-electron chi connectivity index (χ1n) is 11.3. The summed E-state index contributed by atoms with van der Waals surface area (Å²) in [7, 11) is 3.66. The van der Waals surface area contributed by atoms with Crippen molar-refractivity contribution in [2.75, 3.05) is 40.3 Å². The highest BCUT2D eigenvalue weighted by Crippen LogP contribution is 2.34. The maximum absolute atomic E-state index is 13.6. The molecular weight excluding hydrogens is 418 g/mol. The Morgan fingerprint density at radius 2 is 1.58 bits per heavy atom. The lowest BCUT2D eigenvalue weighted by Gasteiger charge is -2.34. The van der Waals surface area contributed by atoms with Gasteiger partial charge in [-0.3, -0.25) is 14.5 Å². The number of para-hydroxylation sites is 1. The standard InChI is InChI=1S/C26H31N3O4/c1-18(2)33-21-11-9-19(10-12-21)23-24(28-15-13-27(3)14-16-28)26(31)29(25(23)30)17-20-7-5-6-8-22(20)32-4/h5-12,18H,13-17H2,1-4H3. The third-order valence-corrected chi connectivity index (χ3v) is 6.00. The van der Waals surface area contributed by atoms with Gasteiger partial charge in [0.05, 0.1) is 25.3 Å². The summed E-state index contributed by atoms with van der Waals surface area (Å²) in [5, 5.41) is 0. The molecule has 2 aromatic carbocycles. The minimum atomic E-state index is -0.280. The topological polar surface area (TPSA) is 62.3 Å². The molecule has 0 aliphatic carbocycles. The average Bonchev–Trinajstić information content (AvgIpc) is 3.05. The largest absolute Gasteiger partial charge is 0.496 e. The molecule has 0 unspecified atom stereocenters. The van der Waals surface area contributed by atoms with E-state index in [0.717, 1.165) is 30.0 Å². The number of piperazine rings is 1. The van der Waals surface area contributed by atoms with E-state index >= 15 is 0 Å². The Kier molecular flexibility index (Phi) is 6.70. The van der Waals surface area contributed by atoms with E-state index in [1.165, 1.54) is 4.90 Å². The lowest BCUT2D eigenvalue weighted by atomic mass is 10.0. The monoisotopic (exact) mass is 449 g/mol. The second kappa shape index (κ2) is 9.67. The molecule has 2 amide bonds. The molecule has 0 saturated carbocycles. The number of carbonyl (C=O) groups excluding carboxylic acids is 2. The van der Waals surface area contributed by atoms with Crippen LogP contribution in [0, 0.1) is 0 Å². The van der Waals surface area contributed by atoms with Crippen molar-refractivity contribution in [2.45, 2.75) is 26.5 Å². The van der Waals surface area contributed by atoms with Crippen LogP contribution in [0.2, 0.25) is 0 Å². The molecule has 7 heteroatoms. The van der Waals surface area contributed by atoms with Gasteiger partial charge in [-0.2, -0.15) is 0 Å². The van der Waals surface area contributed by atoms with Gasteiger partial charge >= 0.3 is 0 Å². The highest BCUT2D eigenvalue weighted by atomic mass is 16.5. The summed E-state index contributed by atoms with van der Waals surface area (Å²) < 4.78 is 11.2. The van der Waals surface area contributed by atoms with Crippen LogP contribution in [-0.2, 0) is 16.1 Å². The quantitative estimate of drug-likeness (QED) is 0.606. The Balaban J connectivity index is 1.70. The van der Waals surface area contributed by atoms with Gasteiger partial charge in [-0.25, -0.2) is 0 Å². The van der Waals surface area contributed by atoms with E-state index in [1.807, 2.05) is 62.4 Å². The summed E-state index contributed by atoms with van der Waals surface area (Å²) in [6.45, 7) is 7.18. The average molecular weight is 450 g/mol. The number of imide groups is 1. The number of amides is 2. The van der Waals surface area contributed by atoms with Crippen molar-refractivity contribution in [3.05, 3.63) is 65.4 Å². The van der Waals surface area contributed by atoms with Gasteiger partial charge in [0.1, 0.15) is 17.2 Å². The molecule has 0 radical (unpaired) electrons. The Hall–Kier alpha value is -3.32. The van der Waals surface area contributed by atoms with Crippen molar-refractivity contribution in [3.63, 3.8) is 0 Å². The molecule has 0 atom stereocenters. The molecule has 33 heavy (non-hydrogen) atoms. The number of likely N-dealkylation sites (N-methyl/N-ethyl adjacent to an activating group) is 1. The molecule has 1 fully saturated rings. The lowest BCUT2D eigenvalue weighted by Crippen LogP contribution is -2.46. The van der Waals surface area contributed by atoms with E-state index in [1.54, 1.807) is 7.11 Å². The van der Waals surface area contributed by atoms with E-state index in [4.69, 9.17) is 9.47 Å². The van der Waals surface area contributed by atoms with Crippen molar-refractivity contribution < 1.29 is 19.1 Å². The number of hydrogen-bond acceptors (Lipinski definition) is 6. The zero-order chi connectivity index (χ0) is 23.5. The molecule has 2 aromatic rings. The maximum Gasteiger partial charge on any atom is 0.278 e. The molecule has 0 bridgehead atoms. The van der Waals surface area contributed by atoms with Crippen LogP contribution in [0.5, 0.6) is 11.5 Å². The fourth-order valence-electron chi connectivity index (χ4n) is 4.27. The molecule has 4 rings (SSSR count). The Labute approximate surface area is 195 Å². The first-order chi connectivity index (χ1) is 15.9. The van der Waals surface area contributed by atoms with Crippen LogP contribution in [0.25, 0.3) is 5.57 Å². The Bertz CT molecular complexity index is 1050. The van der Waals surface area contributed by atoms with Crippen LogP contribution >= 0.6 is 0 Å². The second-order valence-electron chi connectivity index (χ2n) is 8.71. The minimum Gasteiger partial charge on any atom is -0.496 e. The van der Waals surface area contributed by atoms with Gasteiger partial charge in [-0.15, -0.1) is 0 Å². The first-order valence-corrected chi connectivity index (χ1v) is 11.3.